The largest absolute Gasteiger partial charge is 0.369 e. The van der Waals surface area contributed by atoms with Crippen LogP contribution in [0.25, 0.3) is 0 Å². The van der Waals surface area contributed by atoms with Crippen molar-refractivity contribution in [1.82, 2.24) is 4.90 Å². The molecule has 1 rings (SSSR count). The zero-order valence-corrected chi connectivity index (χ0v) is 14.8. The summed E-state index contributed by atoms with van der Waals surface area (Å²) in [5, 5.41) is 2.76. The van der Waals surface area contributed by atoms with Crippen molar-refractivity contribution in [3.8, 4) is 0 Å². The number of nitrogens with zero attached hydrogens (tertiary/aromatic N) is 1. The number of carbonyl (C=O) groups is 3. The summed E-state index contributed by atoms with van der Waals surface area (Å²) in [6, 6.07) is 5.52. The second-order valence-electron chi connectivity index (χ2n) is 4.72. The molecule has 1 aromatic carbocycles. The Labute approximate surface area is 141 Å². The van der Waals surface area contributed by atoms with Gasteiger partial charge in [0.15, 0.2) is 0 Å². The number of aryl methyl sites for hydroxylation is 1. The van der Waals surface area contributed by atoms with Crippen molar-refractivity contribution in [2.75, 3.05) is 30.4 Å². The summed E-state index contributed by atoms with van der Waals surface area (Å²) in [5.74, 6) is -0.771. The molecule has 0 heterocycles. The number of nitrogens with two attached hydrogens (primary N) is 1. The number of amides is 3. The number of primary amides is 1. The molecule has 0 fully saturated rings. The summed E-state index contributed by atoms with van der Waals surface area (Å²) < 4.78 is 0.932. The van der Waals surface area contributed by atoms with Gasteiger partial charge in [-0.2, -0.15) is 0 Å². The fourth-order valence-corrected chi connectivity index (χ4v) is 2.78. The molecule has 0 radical (unpaired) electrons. The fourth-order valence-electron chi connectivity index (χ4n) is 1.61. The van der Waals surface area contributed by atoms with E-state index in [2.05, 4.69) is 21.2 Å². The van der Waals surface area contributed by atoms with Crippen LogP contribution in [0.1, 0.15) is 5.56 Å². The molecular formula is C14H18BrN3O3S. The molecule has 6 nitrogen and oxygen atoms in total. The normalized spacial score (nSPS) is 10.1. The smallest absolute Gasteiger partial charge is 0.243 e. The Hall–Kier alpha value is -1.54. The van der Waals surface area contributed by atoms with E-state index < -0.39 is 5.91 Å². The Kier molecular flexibility index (Phi) is 7.40. The maximum absolute atomic E-state index is 11.9. The van der Waals surface area contributed by atoms with Gasteiger partial charge in [-0.15, -0.1) is 11.8 Å². The summed E-state index contributed by atoms with van der Waals surface area (Å²) in [6.45, 7) is 1.83. The zero-order chi connectivity index (χ0) is 16.7. The number of likely N-dealkylation sites (N-methyl/N-ethyl adjacent to an activating group) is 1. The first kappa shape index (κ1) is 18.5. The SMILES string of the molecule is Cc1cc(Br)ccc1NC(=O)CN(C)C(=O)CSCC(N)=O. The molecule has 8 heteroatoms. The Bertz CT molecular complexity index is 580. The molecule has 3 N–H and O–H groups in total. The van der Waals surface area contributed by atoms with Gasteiger partial charge in [0.2, 0.25) is 17.7 Å². The molecule has 0 unspecified atom stereocenters. The van der Waals surface area contributed by atoms with Crippen molar-refractivity contribution < 1.29 is 14.4 Å². The van der Waals surface area contributed by atoms with Gasteiger partial charge in [-0.1, -0.05) is 15.9 Å². The first-order valence-corrected chi connectivity index (χ1v) is 8.40. The van der Waals surface area contributed by atoms with E-state index in [9.17, 15) is 14.4 Å². The standard InChI is InChI=1S/C14H18BrN3O3S/c1-9-5-10(15)3-4-11(9)17-13(20)6-18(2)14(21)8-22-7-12(16)19/h3-5H,6-8H2,1-2H3,(H2,16,19)(H,17,20). The predicted molar refractivity (Wildman–Crippen MR) is 91.7 cm³/mol. The number of hydrogen-bond donors (Lipinski definition) is 2. The lowest BCUT2D eigenvalue weighted by molar-refractivity contribution is -0.131. The van der Waals surface area contributed by atoms with Crippen molar-refractivity contribution >= 4 is 51.1 Å². The number of carbonyl (C=O) groups excluding carboxylic acids is 3. The number of rotatable bonds is 7. The summed E-state index contributed by atoms with van der Waals surface area (Å²) in [4.78, 5) is 35.7. The molecule has 0 aliphatic heterocycles. The van der Waals surface area contributed by atoms with Crippen molar-refractivity contribution in [3.63, 3.8) is 0 Å². The van der Waals surface area contributed by atoms with Gasteiger partial charge in [0.25, 0.3) is 0 Å². The highest BCUT2D eigenvalue weighted by atomic mass is 79.9. The van der Waals surface area contributed by atoms with E-state index in [1.165, 1.54) is 4.90 Å². The molecule has 0 atom stereocenters. The molecule has 1 aromatic rings. The lowest BCUT2D eigenvalue weighted by Gasteiger charge is -2.17. The summed E-state index contributed by atoms with van der Waals surface area (Å²) in [6.07, 6.45) is 0. The maximum Gasteiger partial charge on any atom is 0.243 e. The van der Waals surface area contributed by atoms with Crippen LogP contribution in [0, 0.1) is 6.92 Å². The lowest BCUT2D eigenvalue weighted by Crippen LogP contribution is -2.36. The predicted octanol–water partition coefficient (Wildman–Crippen LogP) is 1.37. The van der Waals surface area contributed by atoms with Crippen molar-refractivity contribution in [2.24, 2.45) is 5.73 Å². The second-order valence-corrected chi connectivity index (χ2v) is 6.62. The van der Waals surface area contributed by atoms with E-state index in [1.54, 1.807) is 13.1 Å². The van der Waals surface area contributed by atoms with E-state index in [1.807, 2.05) is 19.1 Å². The minimum absolute atomic E-state index is 0.0501. The van der Waals surface area contributed by atoms with Crippen LogP contribution in [0.2, 0.25) is 0 Å². The van der Waals surface area contributed by atoms with Crippen LogP contribution < -0.4 is 11.1 Å². The highest BCUT2D eigenvalue weighted by Gasteiger charge is 2.14. The molecule has 22 heavy (non-hydrogen) atoms. The van der Waals surface area contributed by atoms with E-state index in [4.69, 9.17) is 5.73 Å². The number of anilines is 1. The maximum atomic E-state index is 11.9. The van der Waals surface area contributed by atoms with Gasteiger partial charge >= 0.3 is 0 Å². The summed E-state index contributed by atoms with van der Waals surface area (Å²) in [5.41, 5.74) is 6.62. The highest BCUT2D eigenvalue weighted by molar-refractivity contribution is 9.10. The Morgan fingerprint density at radius 2 is 2.00 bits per heavy atom. The van der Waals surface area contributed by atoms with E-state index >= 15 is 0 Å². The second kappa shape index (κ2) is 8.79. The quantitative estimate of drug-likeness (QED) is 0.738. The van der Waals surface area contributed by atoms with Gasteiger partial charge in [-0.3, -0.25) is 14.4 Å². The molecular weight excluding hydrogens is 370 g/mol. The third-order valence-corrected chi connectivity index (χ3v) is 4.17. The van der Waals surface area contributed by atoms with E-state index in [0.29, 0.717) is 5.69 Å². The number of nitrogens with one attached hydrogen (secondary N) is 1. The van der Waals surface area contributed by atoms with E-state index in [0.717, 1.165) is 21.8 Å². The fraction of sp³-hybridized carbons (Fsp3) is 0.357. The van der Waals surface area contributed by atoms with Crippen LogP contribution >= 0.6 is 27.7 Å². The molecule has 0 aliphatic carbocycles. The molecule has 0 saturated heterocycles. The van der Waals surface area contributed by atoms with Crippen molar-refractivity contribution in [1.29, 1.82) is 0 Å². The van der Waals surface area contributed by atoms with E-state index in [-0.39, 0.29) is 29.9 Å². The van der Waals surface area contributed by atoms with Crippen LogP contribution in [0.4, 0.5) is 5.69 Å². The Balaban J connectivity index is 2.46. The van der Waals surface area contributed by atoms with Gasteiger partial charge < -0.3 is 16.0 Å². The van der Waals surface area contributed by atoms with Gasteiger partial charge in [0.05, 0.1) is 18.1 Å². The van der Waals surface area contributed by atoms with Gasteiger partial charge in [-0.25, -0.2) is 0 Å². The van der Waals surface area contributed by atoms with Gasteiger partial charge in [-0.05, 0) is 30.7 Å². The average molecular weight is 388 g/mol. The molecule has 0 bridgehead atoms. The minimum Gasteiger partial charge on any atom is -0.369 e. The van der Waals surface area contributed by atoms with Gasteiger partial charge in [0.1, 0.15) is 0 Å². The monoisotopic (exact) mass is 387 g/mol. The third kappa shape index (κ3) is 6.48. The number of benzene rings is 1. The Morgan fingerprint density at radius 1 is 1.32 bits per heavy atom. The molecule has 120 valence electrons. The highest BCUT2D eigenvalue weighted by Crippen LogP contribution is 2.19. The average Bonchev–Trinajstić information content (AvgIpc) is 2.41. The van der Waals surface area contributed by atoms with Crippen molar-refractivity contribution in [3.05, 3.63) is 28.2 Å². The van der Waals surface area contributed by atoms with Crippen LogP contribution in [0.5, 0.6) is 0 Å². The molecule has 0 aliphatic rings. The molecule has 3 amide bonds. The summed E-state index contributed by atoms with van der Waals surface area (Å²) >= 11 is 4.49. The topological polar surface area (TPSA) is 92.5 Å². The van der Waals surface area contributed by atoms with Crippen LogP contribution in [0.3, 0.4) is 0 Å². The molecule has 0 aromatic heterocycles. The molecule has 0 saturated carbocycles. The molecule has 0 spiro atoms. The first-order chi connectivity index (χ1) is 10.3. The number of thioether (sulfide) groups is 1. The third-order valence-electron chi connectivity index (χ3n) is 2.74. The zero-order valence-electron chi connectivity index (χ0n) is 12.4. The van der Waals surface area contributed by atoms with Gasteiger partial charge in [0, 0.05) is 17.2 Å². The van der Waals surface area contributed by atoms with Crippen LogP contribution in [0.15, 0.2) is 22.7 Å². The van der Waals surface area contributed by atoms with Crippen molar-refractivity contribution in [2.45, 2.75) is 6.92 Å². The Morgan fingerprint density at radius 3 is 2.59 bits per heavy atom. The first-order valence-electron chi connectivity index (χ1n) is 6.45. The number of halogens is 1. The van der Waals surface area contributed by atoms with Crippen LogP contribution in [-0.2, 0) is 14.4 Å². The number of hydrogen-bond acceptors (Lipinski definition) is 4. The minimum atomic E-state index is -0.469. The van der Waals surface area contributed by atoms with Crippen LogP contribution in [-0.4, -0.2) is 47.7 Å². The summed E-state index contributed by atoms with van der Waals surface area (Å²) in [7, 11) is 1.54. The lowest BCUT2D eigenvalue weighted by atomic mass is 10.2.